The van der Waals surface area contributed by atoms with E-state index in [0.29, 0.717) is 5.69 Å². The molecule has 18 heavy (non-hydrogen) atoms. The molecule has 0 atom stereocenters. The molecule has 1 aliphatic carbocycles. The van der Waals surface area contributed by atoms with E-state index in [4.69, 9.17) is 5.26 Å². The Hall–Kier alpha value is -1.60. The van der Waals surface area contributed by atoms with Gasteiger partial charge in [-0.2, -0.15) is 5.26 Å². The zero-order chi connectivity index (χ0) is 12.8. The summed E-state index contributed by atoms with van der Waals surface area (Å²) < 4.78 is 0. The molecule has 0 amide bonds. The number of aromatic nitrogens is 1. The van der Waals surface area contributed by atoms with Gasteiger partial charge in [-0.25, -0.2) is 4.98 Å². The number of nitriles is 1. The summed E-state index contributed by atoms with van der Waals surface area (Å²) in [4.78, 5) is 4.02. The summed E-state index contributed by atoms with van der Waals surface area (Å²) in [6.07, 6.45) is 7.52. The van der Waals surface area contributed by atoms with Gasteiger partial charge < -0.3 is 10.4 Å². The third-order valence-electron chi connectivity index (χ3n) is 3.80. The normalized spacial score (nSPS) is 18.0. The van der Waals surface area contributed by atoms with Gasteiger partial charge in [-0.1, -0.05) is 19.3 Å². The molecule has 0 unspecified atom stereocenters. The number of nitrogens with zero attached hydrogens (tertiary/aromatic N) is 2. The van der Waals surface area contributed by atoms with E-state index in [-0.39, 0.29) is 12.0 Å². The second kappa shape index (κ2) is 5.83. The second-order valence-electron chi connectivity index (χ2n) is 5.12. The van der Waals surface area contributed by atoms with Crippen molar-refractivity contribution in [1.29, 1.82) is 5.26 Å². The second-order valence-corrected chi connectivity index (χ2v) is 5.12. The number of anilines is 1. The Balaban J connectivity index is 1.94. The first-order valence-electron chi connectivity index (χ1n) is 6.49. The molecule has 1 aliphatic rings. The van der Waals surface area contributed by atoms with Crippen molar-refractivity contribution in [3.05, 3.63) is 24.0 Å². The maximum Gasteiger partial charge on any atom is 0.140 e. The van der Waals surface area contributed by atoms with Crippen molar-refractivity contribution in [3.8, 4) is 6.07 Å². The Bertz CT molecular complexity index is 416. The number of pyridine rings is 1. The molecule has 4 heteroatoms. The van der Waals surface area contributed by atoms with Crippen molar-refractivity contribution >= 4 is 5.69 Å². The lowest BCUT2D eigenvalue weighted by Crippen LogP contribution is -2.35. The Morgan fingerprint density at radius 1 is 1.33 bits per heavy atom. The van der Waals surface area contributed by atoms with Gasteiger partial charge in [0.05, 0.1) is 18.5 Å². The van der Waals surface area contributed by atoms with Crippen molar-refractivity contribution < 1.29 is 5.11 Å². The first-order valence-corrected chi connectivity index (χ1v) is 6.49. The minimum Gasteiger partial charge on any atom is -0.396 e. The molecule has 1 heterocycles. The molecule has 0 aromatic carbocycles. The standard InChI is InChI=1S/C14H19N3O/c15-8-12-4-5-13(9-16-12)17-10-14(11-18)6-2-1-3-7-14/h4-5,9,17-18H,1-3,6-7,10-11H2. The zero-order valence-corrected chi connectivity index (χ0v) is 10.5. The van der Waals surface area contributed by atoms with Gasteiger partial charge in [-0.15, -0.1) is 0 Å². The molecule has 0 saturated heterocycles. The minimum absolute atomic E-state index is 0.0200. The Morgan fingerprint density at radius 3 is 2.67 bits per heavy atom. The Morgan fingerprint density at radius 2 is 2.11 bits per heavy atom. The summed E-state index contributed by atoms with van der Waals surface area (Å²) in [5.41, 5.74) is 1.36. The minimum atomic E-state index is 0.0200. The topological polar surface area (TPSA) is 68.9 Å². The highest BCUT2D eigenvalue weighted by molar-refractivity contribution is 5.42. The van der Waals surface area contributed by atoms with Crippen molar-refractivity contribution in [2.75, 3.05) is 18.5 Å². The van der Waals surface area contributed by atoms with Crippen molar-refractivity contribution in [3.63, 3.8) is 0 Å². The van der Waals surface area contributed by atoms with Crippen LogP contribution in [-0.4, -0.2) is 23.2 Å². The van der Waals surface area contributed by atoms with Crippen LogP contribution in [0.25, 0.3) is 0 Å². The van der Waals surface area contributed by atoms with Gasteiger partial charge in [0, 0.05) is 12.0 Å². The van der Waals surface area contributed by atoms with Gasteiger partial charge in [-0.3, -0.25) is 0 Å². The number of aliphatic hydroxyl groups excluding tert-OH is 1. The fraction of sp³-hybridized carbons (Fsp3) is 0.571. The van der Waals surface area contributed by atoms with Crippen LogP contribution in [0.3, 0.4) is 0 Å². The average molecular weight is 245 g/mol. The maximum atomic E-state index is 9.60. The third kappa shape index (κ3) is 2.99. The quantitative estimate of drug-likeness (QED) is 0.854. The predicted molar refractivity (Wildman–Crippen MR) is 70.0 cm³/mol. The highest BCUT2D eigenvalue weighted by atomic mass is 16.3. The fourth-order valence-electron chi connectivity index (χ4n) is 2.55. The van der Waals surface area contributed by atoms with Crippen LogP contribution in [-0.2, 0) is 0 Å². The SMILES string of the molecule is N#Cc1ccc(NCC2(CO)CCCCC2)cn1. The molecule has 0 bridgehead atoms. The van der Waals surface area contributed by atoms with E-state index in [9.17, 15) is 5.11 Å². The molecule has 2 N–H and O–H groups in total. The van der Waals surface area contributed by atoms with Gasteiger partial charge >= 0.3 is 0 Å². The van der Waals surface area contributed by atoms with E-state index in [1.807, 2.05) is 12.1 Å². The predicted octanol–water partition coefficient (Wildman–Crippen LogP) is 2.31. The maximum absolute atomic E-state index is 9.60. The molecule has 1 aromatic heterocycles. The number of hydrogen-bond donors (Lipinski definition) is 2. The van der Waals surface area contributed by atoms with Crippen molar-refractivity contribution in [1.82, 2.24) is 4.98 Å². The van der Waals surface area contributed by atoms with Gasteiger partial charge in [0.2, 0.25) is 0 Å². The molecule has 1 fully saturated rings. The summed E-state index contributed by atoms with van der Waals surface area (Å²) in [5, 5.41) is 21.6. The van der Waals surface area contributed by atoms with Crippen LogP contribution >= 0.6 is 0 Å². The molecule has 1 saturated carbocycles. The lowest BCUT2D eigenvalue weighted by molar-refractivity contribution is 0.0944. The van der Waals surface area contributed by atoms with E-state index < -0.39 is 0 Å². The van der Waals surface area contributed by atoms with E-state index in [2.05, 4.69) is 10.3 Å². The number of nitrogens with one attached hydrogen (secondary N) is 1. The van der Waals surface area contributed by atoms with E-state index >= 15 is 0 Å². The third-order valence-corrected chi connectivity index (χ3v) is 3.80. The van der Waals surface area contributed by atoms with E-state index in [1.54, 1.807) is 12.3 Å². The molecule has 96 valence electrons. The molecule has 0 radical (unpaired) electrons. The van der Waals surface area contributed by atoms with E-state index in [1.165, 1.54) is 19.3 Å². The summed E-state index contributed by atoms with van der Waals surface area (Å²) in [6.45, 7) is 1.01. The van der Waals surface area contributed by atoms with Gasteiger partial charge in [0.15, 0.2) is 0 Å². The van der Waals surface area contributed by atoms with Crippen LogP contribution in [0.5, 0.6) is 0 Å². The number of aliphatic hydroxyl groups is 1. The van der Waals surface area contributed by atoms with E-state index in [0.717, 1.165) is 25.1 Å². The van der Waals surface area contributed by atoms with Crippen molar-refractivity contribution in [2.24, 2.45) is 5.41 Å². The van der Waals surface area contributed by atoms with Crippen molar-refractivity contribution in [2.45, 2.75) is 32.1 Å². The zero-order valence-electron chi connectivity index (χ0n) is 10.5. The molecule has 2 rings (SSSR count). The lowest BCUT2D eigenvalue weighted by Gasteiger charge is -2.35. The molecule has 0 aliphatic heterocycles. The van der Waals surface area contributed by atoms with Crippen LogP contribution in [0.1, 0.15) is 37.8 Å². The summed E-state index contributed by atoms with van der Waals surface area (Å²) >= 11 is 0. The number of rotatable bonds is 4. The monoisotopic (exact) mass is 245 g/mol. The van der Waals surface area contributed by atoms with Crippen LogP contribution in [0.15, 0.2) is 18.3 Å². The Kier molecular flexibility index (Phi) is 4.16. The molecular formula is C14H19N3O. The largest absolute Gasteiger partial charge is 0.396 e. The van der Waals surface area contributed by atoms with Crippen LogP contribution in [0.2, 0.25) is 0 Å². The highest BCUT2D eigenvalue weighted by Gasteiger charge is 2.30. The van der Waals surface area contributed by atoms with Crippen LogP contribution in [0.4, 0.5) is 5.69 Å². The fourth-order valence-corrected chi connectivity index (χ4v) is 2.55. The molecule has 0 spiro atoms. The smallest absolute Gasteiger partial charge is 0.140 e. The van der Waals surface area contributed by atoms with Gasteiger partial charge in [0.25, 0.3) is 0 Å². The first kappa shape index (κ1) is 12.8. The molecule has 1 aromatic rings. The molecule has 4 nitrogen and oxygen atoms in total. The summed E-state index contributed by atoms with van der Waals surface area (Å²) in [7, 11) is 0. The van der Waals surface area contributed by atoms with Crippen LogP contribution < -0.4 is 5.32 Å². The Labute approximate surface area is 108 Å². The lowest BCUT2D eigenvalue weighted by atomic mass is 9.74. The summed E-state index contributed by atoms with van der Waals surface area (Å²) in [5.74, 6) is 0. The highest BCUT2D eigenvalue weighted by Crippen LogP contribution is 2.35. The molecular weight excluding hydrogens is 226 g/mol. The first-order chi connectivity index (χ1) is 8.78. The van der Waals surface area contributed by atoms with Gasteiger partial charge in [-0.05, 0) is 25.0 Å². The van der Waals surface area contributed by atoms with Crippen LogP contribution in [0, 0.1) is 16.7 Å². The summed E-state index contributed by atoms with van der Waals surface area (Å²) in [6, 6.07) is 5.56. The van der Waals surface area contributed by atoms with Gasteiger partial charge in [0.1, 0.15) is 11.8 Å². The average Bonchev–Trinajstić information content (AvgIpc) is 2.47. The number of hydrogen-bond acceptors (Lipinski definition) is 4.